The van der Waals surface area contributed by atoms with Crippen molar-refractivity contribution in [1.82, 2.24) is 0 Å². The lowest BCUT2D eigenvalue weighted by Crippen LogP contribution is -2.25. The van der Waals surface area contributed by atoms with E-state index < -0.39 is 12.3 Å². The van der Waals surface area contributed by atoms with E-state index in [9.17, 15) is 13.6 Å². The Hall–Kier alpha value is -1.85. The van der Waals surface area contributed by atoms with Crippen LogP contribution in [-0.2, 0) is 11.2 Å². The SMILES string of the molecule is CC(CC(=O)O)Cc1ccc2c(c1)OC(F)(F)O2. The third-order valence-corrected chi connectivity index (χ3v) is 2.57. The van der Waals surface area contributed by atoms with Gasteiger partial charge in [-0.15, -0.1) is 8.78 Å². The Balaban J connectivity index is 2.07. The van der Waals surface area contributed by atoms with Crippen molar-refractivity contribution < 1.29 is 28.2 Å². The molecule has 1 atom stereocenters. The van der Waals surface area contributed by atoms with Crippen LogP contribution in [0.25, 0.3) is 0 Å². The van der Waals surface area contributed by atoms with E-state index in [0.29, 0.717) is 6.42 Å². The largest absolute Gasteiger partial charge is 0.586 e. The zero-order valence-electron chi connectivity index (χ0n) is 9.65. The molecular weight excluding hydrogens is 246 g/mol. The highest BCUT2D eigenvalue weighted by Crippen LogP contribution is 2.41. The van der Waals surface area contributed by atoms with E-state index in [4.69, 9.17) is 5.11 Å². The van der Waals surface area contributed by atoms with Crippen LogP contribution in [0.3, 0.4) is 0 Å². The molecule has 98 valence electrons. The number of aliphatic carboxylic acids is 1. The zero-order chi connectivity index (χ0) is 13.3. The number of hydrogen-bond acceptors (Lipinski definition) is 3. The third kappa shape index (κ3) is 2.88. The molecule has 4 nitrogen and oxygen atoms in total. The minimum absolute atomic E-state index is 0.00497. The molecule has 0 radical (unpaired) electrons. The number of carbonyl (C=O) groups is 1. The number of carboxylic acids is 1. The maximum Gasteiger partial charge on any atom is 0.586 e. The average molecular weight is 258 g/mol. The second kappa shape index (κ2) is 4.44. The van der Waals surface area contributed by atoms with Gasteiger partial charge in [0.05, 0.1) is 0 Å². The number of hydrogen-bond donors (Lipinski definition) is 1. The van der Waals surface area contributed by atoms with Gasteiger partial charge in [0, 0.05) is 6.42 Å². The van der Waals surface area contributed by atoms with Crippen molar-refractivity contribution in [2.24, 2.45) is 5.92 Å². The fourth-order valence-corrected chi connectivity index (χ4v) is 1.89. The first-order chi connectivity index (χ1) is 8.35. The number of carboxylic acid groups (broad SMARTS) is 1. The molecule has 1 aliphatic heterocycles. The van der Waals surface area contributed by atoms with E-state index >= 15 is 0 Å². The Morgan fingerprint density at radius 1 is 1.39 bits per heavy atom. The average Bonchev–Trinajstić information content (AvgIpc) is 2.49. The Kier molecular flexibility index (Phi) is 3.11. The molecule has 0 saturated carbocycles. The lowest BCUT2D eigenvalue weighted by atomic mass is 9.98. The first kappa shape index (κ1) is 12.6. The molecule has 0 saturated heterocycles. The van der Waals surface area contributed by atoms with Crippen molar-refractivity contribution in [2.45, 2.75) is 26.1 Å². The highest BCUT2D eigenvalue weighted by atomic mass is 19.3. The summed E-state index contributed by atoms with van der Waals surface area (Å²) in [6.07, 6.45) is -3.10. The Labute approximate surface area is 102 Å². The summed E-state index contributed by atoms with van der Waals surface area (Å²) in [6, 6.07) is 4.48. The van der Waals surface area contributed by atoms with Gasteiger partial charge in [-0.3, -0.25) is 4.79 Å². The van der Waals surface area contributed by atoms with Gasteiger partial charge in [0.1, 0.15) is 0 Å². The normalized spacial score (nSPS) is 17.5. The van der Waals surface area contributed by atoms with Crippen molar-refractivity contribution >= 4 is 5.97 Å². The van der Waals surface area contributed by atoms with E-state index in [1.807, 2.05) is 0 Å². The van der Waals surface area contributed by atoms with Crippen molar-refractivity contribution in [3.05, 3.63) is 23.8 Å². The van der Waals surface area contributed by atoms with Gasteiger partial charge < -0.3 is 14.6 Å². The number of fused-ring (bicyclic) bond motifs is 1. The molecule has 1 N–H and O–H groups in total. The van der Waals surface area contributed by atoms with Crippen LogP contribution in [0.5, 0.6) is 11.5 Å². The molecule has 1 aliphatic rings. The fourth-order valence-electron chi connectivity index (χ4n) is 1.89. The van der Waals surface area contributed by atoms with E-state index in [1.54, 1.807) is 13.0 Å². The molecule has 1 aromatic carbocycles. The molecule has 18 heavy (non-hydrogen) atoms. The summed E-state index contributed by atoms with van der Waals surface area (Å²) in [5, 5.41) is 8.64. The van der Waals surface area contributed by atoms with Crippen LogP contribution in [-0.4, -0.2) is 17.4 Å². The molecule has 1 heterocycles. The number of rotatable bonds is 4. The lowest BCUT2D eigenvalue weighted by Gasteiger charge is -2.08. The predicted molar refractivity (Wildman–Crippen MR) is 57.8 cm³/mol. The van der Waals surface area contributed by atoms with E-state index in [1.165, 1.54) is 12.1 Å². The highest BCUT2D eigenvalue weighted by Gasteiger charge is 2.43. The summed E-state index contributed by atoms with van der Waals surface area (Å²) in [5.41, 5.74) is 0.740. The quantitative estimate of drug-likeness (QED) is 0.902. The molecule has 0 bridgehead atoms. The van der Waals surface area contributed by atoms with Crippen LogP contribution >= 0.6 is 0 Å². The highest BCUT2D eigenvalue weighted by molar-refractivity contribution is 5.67. The number of benzene rings is 1. The Morgan fingerprint density at radius 3 is 2.72 bits per heavy atom. The van der Waals surface area contributed by atoms with Gasteiger partial charge in [0.25, 0.3) is 0 Å². The van der Waals surface area contributed by atoms with Crippen molar-refractivity contribution in [3.8, 4) is 11.5 Å². The second-order valence-corrected chi connectivity index (χ2v) is 4.36. The molecule has 0 aliphatic carbocycles. The number of ether oxygens (including phenoxy) is 2. The third-order valence-electron chi connectivity index (χ3n) is 2.57. The summed E-state index contributed by atoms with van der Waals surface area (Å²) in [4.78, 5) is 10.5. The summed E-state index contributed by atoms with van der Waals surface area (Å²) < 4.78 is 34.2. The van der Waals surface area contributed by atoms with E-state index in [-0.39, 0.29) is 23.8 Å². The van der Waals surface area contributed by atoms with Crippen LogP contribution in [0.1, 0.15) is 18.9 Å². The van der Waals surface area contributed by atoms with Crippen molar-refractivity contribution in [3.63, 3.8) is 0 Å². The van der Waals surface area contributed by atoms with Gasteiger partial charge in [-0.05, 0) is 30.0 Å². The second-order valence-electron chi connectivity index (χ2n) is 4.36. The van der Waals surface area contributed by atoms with Gasteiger partial charge in [0.2, 0.25) is 0 Å². The molecular formula is C12H12F2O4. The maximum atomic E-state index is 12.8. The standard InChI is InChI=1S/C12H12F2O4/c1-7(5-11(15)16)4-8-2-3-9-10(6-8)18-12(13,14)17-9/h2-3,6-7H,4-5H2,1H3,(H,15,16). The van der Waals surface area contributed by atoms with Gasteiger partial charge in [0.15, 0.2) is 11.5 Å². The molecule has 0 spiro atoms. The molecule has 1 aromatic rings. The summed E-state index contributed by atoms with van der Waals surface area (Å²) >= 11 is 0. The van der Waals surface area contributed by atoms with Gasteiger partial charge in [-0.25, -0.2) is 0 Å². The van der Waals surface area contributed by atoms with Gasteiger partial charge >= 0.3 is 12.3 Å². The molecule has 2 rings (SSSR count). The number of halogens is 2. The lowest BCUT2D eigenvalue weighted by molar-refractivity contribution is -0.286. The summed E-state index contributed by atoms with van der Waals surface area (Å²) in [5.74, 6) is -0.979. The monoisotopic (exact) mass is 258 g/mol. The maximum absolute atomic E-state index is 12.8. The van der Waals surface area contributed by atoms with Crippen LogP contribution < -0.4 is 9.47 Å². The van der Waals surface area contributed by atoms with Crippen LogP contribution in [0.4, 0.5) is 8.78 Å². The van der Waals surface area contributed by atoms with Gasteiger partial charge in [-0.1, -0.05) is 13.0 Å². The molecule has 1 unspecified atom stereocenters. The predicted octanol–water partition coefficient (Wildman–Crippen LogP) is 2.66. The van der Waals surface area contributed by atoms with E-state index in [2.05, 4.69) is 9.47 Å². The van der Waals surface area contributed by atoms with Crippen molar-refractivity contribution in [2.75, 3.05) is 0 Å². The minimum atomic E-state index is -3.62. The fraction of sp³-hybridized carbons (Fsp3) is 0.417. The van der Waals surface area contributed by atoms with Gasteiger partial charge in [-0.2, -0.15) is 0 Å². The summed E-state index contributed by atoms with van der Waals surface area (Å²) in [6.45, 7) is 1.79. The Morgan fingerprint density at radius 2 is 2.06 bits per heavy atom. The molecule has 0 aromatic heterocycles. The topological polar surface area (TPSA) is 55.8 Å². The molecule has 0 amide bonds. The van der Waals surface area contributed by atoms with Crippen LogP contribution in [0.15, 0.2) is 18.2 Å². The van der Waals surface area contributed by atoms with E-state index in [0.717, 1.165) is 5.56 Å². The molecule has 0 fully saturated rings. The number of alkyl halides is 2. The van der Waals surface area contributed by atoms with Crippen molar-refractivity contribution in [1.29, 1.82) is 0 Å². The minimum Gasteiger partial charge on any atom is -0.481 e. The molecule has 6 heteroatoms. The Bertz CT molecular complexity index is 473. The smallest absolute Gasteiger partial charge is 0.481 e. The first-order valence-electron chi connectivity index (χ1n) is 5.46. The zero-order valence-corrected chi connectivity index (χ0v) is 9.65. The van der Waals surface area contributed by atoms with Crippen LogP contribution in [0.2, 0.25) is 0 Å². The van der Waals surface area contributed by atoms with Crippen LogP contribution in [0, 0.1) is 5.92 Å². The summed E-state index contributed by atoms with van der Waals surface area (Å²) in [7, 11) is 0. The first-order valence-corrected chi connectivity index (χ1v) is 5.46.